The van der Waals surface area contributed by atoms with Crippen molar-refractivity contribution in [3.05, 3.63) is 29.8 Å². The zero-order valence-electron chi connectivity index (χ0n) is 10.7. The average molecular weight is 269 g/mol. The number of nitrogens with one attached hydrogen (secondary N) is 1. The summed E-state index contributed by atoms with van der Waals surface area (Å²) >= 11 is 1.65. The molecule has 1 rings (SSSR count). The van der Waals surface area contributed by atoms with Gasteiger partial charge in [-0.25, -0.2) is 0 Å². The minimum Gasteiger partial charge on any atom is -0.496 e. The number of hydrogen-bond acceptors (Lipinski definition) is 4. The fourth-order valence-electron chi connectivity index (χ4n) is 1.63. The first kappa shape index (κ1) is 14.9. The first-order valence-electron chi connectivity index (χ1n) is 5.76. The number of hydrogen-bond donors (Lipinski definition) is 2. The van der Waals surface area contributed by atoms with Crippen LogP contribution in [0.3, 0.4) is 0 Å². The van der Waals surface area contributed by atoms with Gasteiger partial charge in [0.05, 0.1) is 7.11 Å². The molecule has 0 bridgehead atoms. The minimum absolute atomic E-state index is 0.495. The van der Waals surface area contributed by atoms with Gasteiger partial charge in [-0.05, 0) is 24.5 Å². The van der Waals surface area contributed by atoms with E-state index in [0.29, 0.717) is 13.0 Å². The lowest BCUT2D eigenvalue weighted by Crippen LogP contribution is -2.36. The van der Waals surface area contributed by atoms with Gasteiger partial charge in [0.15, 0.2) is 0 Å². The normalized spacial score (nSPS) is 12.1. The van der Waals surface area contributed by atoms with Gasteiger partial charge in [-0.15, -0.1) is 0 Å². The van der Waals surface area contributed by atoms with Crippen LogP contribution in [0.2, 0.25) is 0 Å². The quantitative estimate of drug-likeness (QED) is 0.756. The summed E-state index contributed by atoms with van der Waals surface area (Å²) in [7, 11) is 1.61. The topological polar surface area (TPSA) is 58.6 Å². The Labute approximate surface area is 112 Å². The molecule has 0 aliphatic carbocycles. The fourth-order valence-corrected chi connectivity index (χ4v) is 2.10. The largest absolute Gasteiger partial charge is 0.496 e. The Morgan fingerprint density at radius 3 is 2.83 bits per heavy atom. The highest BCUT2D eigenvalue weighted by molar-refractivity contribution is 7.98. The van der Waals surface area contributed by atoms with Crippen molar-refractivity contribution in [3.8, 4) is 5.75 Å². The van der Waals surface area contributed by atoms with Crippen LogP contribution in [0.25, 0.3) is 0 Å². The molecule has 0 aliphatic rings. The van der Waals surface area contributed by atoms with Gasteiger partial charge in [0, 0.05) is 12.1 Å². The molecule has 1 aromatic rings. The van der Waals surface area contributed by atoms with Crippen LogP contribution in [0.5, 0.6) is 5.75 Å². The lowest BCUT2D eigenvalue weighted by molar-refractivity contribution is -0.139. The molecule has 100 valence electrons. The fraction of sp³-hybridized carbons (Fsp3) is 0.462. The van der Waals surface area contributed by atoms with Crippen molar-refractivity contribution in [3.63, 3.8) is 0 Å². The van der Waals surface area contributed by atoms with Crippen LogP contribution in [-0.4, -0.2) is 36.2 Å². The van der Waals surface area contributed by atoms with Crippen LogP contribution in [0.15, 0.2) is 24.3 Å². The molecular weight excluding hydrogens is 250 g/mol. The van der Waals surface area contributed by atoms with E-state index in [9.17, 15) is 4.79 Å². The van der Waals surface area contributed by atoms with Crippen molar-refractivity contribution >= 4 is 17.7 Å². The van der Waals surface area contributed by atoms with E-state index >= 15 is 0 Å². The molecule has 0 saturated carbocycles. The minimum atomic E-state index is -0.807. The molecule has 0 fully saturated rings. The highest BCUT2D eigenvalue weighted by Gasteiger charge is 2.16. The second kappa shape index (κ2) is 8.00. The molecule has 0 radical (unpaired) electrons. The van der Waals surface area contributed by atoms with Crippen molar-refractivity contribution in [2.75, 3.05) is 19.1 Å². The van der Waals surface area contributed by atoms with Crippen molar-refractivity contribution in [2.24, 2.45) is 0 Å². The van der Waals surface area contributed by atoms with E-state index in [1.165, 1.54) is 0 Å². The smallest absolute Gasteiger partial charge is 0.320 e. The Bertz CT molecular complexity index is 384. The molecule has 1 atom stereocenters. The second-order valence-electron chi connectivity index (χ2n) is 3.87. The summed E-state index contributed by atoms with van der Waals surface area (Å²) in [5.41, 5.74) is 0.968. The number of carbonyl (C=O) groups is 1. The highest BCUT2D eigenvalue weighted by atomic mass is 32.2. The average Bonchev–Trinajstić information content (AvgIpc) is 2.38. The summed E-state index contributed by atoms with van der Waals surface area (Å²) in [6, 6.07) is 7.10. The lowest BCUT2D eigenvalue weighted by atomic mass is 10.1. The Morgan fingerprint density at radius 2 is 2.22 bits per heavy atom. The number of methoxy groups -OCH3 is 1. The lowest BCUT2D eigenvalue weighted by Gasteiger charge is -2.15. The third-order valence-electron chi connectivity index (χ3n) is 2.64. The van der Waals surface area contributed by atoms with Crippen LogP contribution >= 0.6 is 11.8 Å². The predicted octanol–water partition coefficient (Wildman–Crippen LogP) is 1.99. The predicted molar refractivity (Wildman–Crippen MR) is 74.3 cm³/mol. The van der Waals surface area contributed by atoms with Gasteiger partial charge in [-0.3, -0.25) is 4.79 Å². The monoisotopic (exact) mass is 269 g/mol. The molecule has 0 spiro atoms. The first-order chi connectivity index (χ1) is 8.69. The zero-order valence-corrected chi connectivity index (χ0v) is 11.5. The summed E-state index contributed by atoms with van der Waals surface area (Å²) in [6.07, 6.45) is 2.59. The van der Waals surface area contributed by atoms with Crippen LogP contribution in [0.1, 0.15) is 12.0 Å². The molecular formula is C13H19NO3S. The van der Waals surface area contributed by atoms with E-state index in [-0.39, 0.29) is 0 Å². The Hall–Kier alpha value is -1.20. The van der Waals surface area contributed by atoms with Gasteiger partial charge < -0.3 is 15.2 Å². The summed E-state index contributed by atoms with van der Waals surface area (Å²) in [5, 5.41) is 12.2. The number of carboxylic acid groups (broad SMARTS) is 1. The van der Waals surface area contributed by atoms with Crippen molar-refractivity contribution in [2.45, 2.75) is 19.0 Å². The summed E-state index contributed by atoms with van der Waals surface area (Å²) < 4.78 is 5.23. The molecule has 0 aromatic heterocycles. The summed E-state index contributed by atoms with van der Waals surface area (Å²) in [4.78, 5) is 11.1. The van der Waals surface area contributed by atoms with Gasteiger partial charge in [0.25, 0.3) is 0 Å². The van der Waals surface area contributed by atoms with E-state index < -0.39 is 12.0 Å². The molecule has 0 unspecified atom stereocenters. The molecule has 2 N–H and O–H groups in total. The van der Waals surface area contributed by atoms with Crippen LogP contribution in [-0.2, 0) is 11.3 Å². The van der Waals surface area contributed by atoms with Crippen molar-refractivity contribution in [1.82, 2.24) is 5.32 Å². The van der Waals surface area contributed by atoms with Gasteiger partial charge >= 0.3 is 5.97 Å². The second-order valence-corrected chi connectivity index (χ2v) is 4.85. The van der Waals surface area contributed by atoms with Crippen molar-refractivity contribution in [1.29, 1.82) is 0 Å². The van der Waals surface area contributed by atoms with Crippen LogP contribution in [0, 0.1) is 0 Å². The molecule has 0 amide bonds. The molecule has 0 aliphatic heterocycles. The number of rotatable bonds is 8. The molecule has 0 saturated heterocycles. The standard InChI is InChI=1S/C13H19NO3S/c1-17-12-6-4-3-5-10(12)9-14-11(13(15)16)7-8-18-2/h3-6,11,14H,7-9H2,1-2H3,(H,15,16)/t11-/m0/s1. The molecule has 4 nitrogen and oxygen atoms in total. The van der Waals surface area contributed by atoms with Gasteiger partial charge in [0.1, 0.15) is 11.8 Å². The molecule has 18 heavy (non-hydrogen) atoms. The molecule has 0 heterocycles. The third-order valence-corrected chi connectivity index (χ3v) is 3.28. The SMILES string of the molecule is COc1ccccc1CN[C@@H](CCSC)C(=O)O. The number of benzene rings is 1. The third kappa shape index (κ3) is 4.58. The Morgan fingerprint density at radius 1 is 1.50 bits per heavy atom. The zero-order chi connectivity index (χ0) is 13.4. The maximum absolute atomic E-state index is 11.1. The maximum atomic E-state index is 11.1. The number of para-hydroxylation sites is 1. The number of ether oxygens (including phenoxy) is 1. The van der Waals surface area contributed by atoms with Gasteiger partial charge in [0.2, 0.25) is 0 Å². The summed E-state index contributed by atoms with van der Waals surface area (Å²) in [6.45, 7) is 0.495. The van der Waals surface area contributed by atoms with E-state index in [0.717, 1.165) is 17.1 Å². The first-order valence-corrected chi connectivity index (χ1v) is 7.15. The molecule has 5 heteroatoms. The Balaban J connectivity index is 2.58. The van der Waals surface area contributed by atoms with E-state index in [2.05, 4.69) is 5.32 Å². The maximum Gasteiger partial charge on any atom is 0.320 e. The van der Waals surface area contributed by atoms with E-state index in [4.69, 9.17) is 9.84 Å². The number of aliphatic carboxylic acids is 1. The van der Waals surface area contributed by atoms with E-state index in [1.54, 1.807) is 18.9 Å². The van der Waals surface area contributed by atoms with Crippen LogP contribution < -0.4 is 10.1 Å². The molecule has 1 aromatic carbocycles. The van der Waals surface area contributed by atoms with Gasteiger partial charge in [-0.1, -0.05) is 18.2 Å². The van der Waals surface area contributed by atoms with Crippen LogP contribution in [0.4, 0.5) is 0 Å². The number of carboxylic acids is 1. The van der Waals surface area contributed by atoms with Gasteiger partial charge in [-0.2, -0.15) is 11.8 Å². The van der Waals surface area contributed by atoms with Crippen molar-refractivity contribution < 1.29 is 14.6 Å². The highest BCUT2D eigenvalue weighted by Crippen LogP contribution is 2.17. The number of thioether (sulfide) groups is 1. The summed E-state index contributed by atoms with van der Waals surface area (Å²) in [5.74, 6) is 0.800. The van der Waals surface area contributed by atoms with E-state index in [1.807, 2.05) is 30.5 Å². The Kier molecular flexibility index (Phi) is 6.60.